The van der Waals surface area contributed by atoms with Crippen LogP contribution < -0.4 is 10.6 Å². The van der Waals surface area contributed by atoms with Crippen molar-refractivity contribution in [3.05, 3.63) is 0 Å². The fraction of sp³-hybridized carbons (Fsp3) is 0.824. The molecule has 3 amide bonds. The molecule has 142 valence electrons. The van der Waals surface area contributed by atoms with E-state index in [1.807, 2.05) is 13.8 Å². The minimum atomic E-state index is -1.06. The monoisotopic (exact) mass is 355 g/mol. The van der Waals surface area contributed by atoms with E-state index in [2.05, 4.69) is 10.6 Å². The van der Waals surface area contributed by atoms with E-state index in [-0.39, 0.29) is 30.2 Å². The number of morpholine rings is 1. The van der Waals surface area contributed by atoms with Gasteiger partial charge in [-0.3, -0.25) is 9.59 Å². The summed E-state index contributed by atoms with van der Waals surface area (Å²) in [6.45, 7) is 9.38. The molecule has 2 heterocycles. The van der Waals surface area contributed by atoms with E-state index in [0.29, 0.717) is 32.7 Å². The van der Waals surface area contributed by atoms with Gasteiger partial charge in [-0.25, -0.2) is 4.79 Å². The average Bonchev–Trinajstić information content (AvgIpc) is 2.82. The number of Topliss-reactive ketones (excluding diaryl/α,β-unsaturated/α-hetero) is 1. The number of ether oxygens (including phenoxy) is 2. The number of rotatable bonds is 5. The zero-order chi connectivity index (χ0) is 18.6. The predicted octanol–water partition coefficient (Wildman–Crippen LogP) is 0.306. The van der Waals surface area contributed by atoms with Crippen LogP contribution in [0.3, 0.4) is 0 Å². The third kappa shape index (κ3) is 4.70. The molecule has 0 aromatic rings. The van der Waals surface area contributed by atoms with Gasteiger partial charge in [-0.1, -0.05) is 13.8 Å². The van der Waals surface area contributed by atoms with Crippen molar-refractivity contribution >= 4 is 17.7 Å². The van der Waals surface area contributed by atoms with Crippen LogP contribution in [0.25, 0.3) is 0 Å². The summed E-state index contributed by atoms with van der Waals surface area (Å²) in [5, 5.41) is 5.60. The second-order valence-electron chi connectivity index (χ2n) is 7.30. The van der Waals surface area contributed by atoms with Gasteiger partial charge >= 0.3 is 6.03 Å². The second kappa shape index (κ2) is 8.14. The molecular weight excluding hydrogens is 326 g/mol. The van der Waals surface area contributed by atoms with Gasteiger partial charge in [-0.05, 0) is 26.2 Å². The van der Waals surface area contributed by atoms with Crippen molar-refractivity contribution in [2.24, 2.45) is 5.92 Å². The molecule has 0 bridgehead atoms. The first-order valence-corrected chi connectivity index (χ1v) is 8.84. The molecule has 0 spiro atoms. The summed E-state index contributed by atoms with van der Waals surface area (Å²) < 4.78 is 10.6. The van der Waals surface area contributed by atoms with Gasteiger partial charge in [-0.15, -0.1) is 0 Å². The van der Waals surface area contributed by atoms with Crippen LogP contribution in [0.15, 0.2) is 0 Å². The summed E-state index contributed by atoms with van der Waals surface area (Å²) in [6.07, 6.45) is 0.0834. The number of carbonyl (C=O) groups excluding carboxylic acids is 3. The molecule has 0 saturated carbocycles. The Morgan fingerprint density at radius 3 is 2.48 bits per heavy atom. The van der Waals surface area contributed by atoms with Crippen LogP contribution >= 0.6 is 0 Å². The highest BCUT2D eigenvalue weighted by molar-refractivity contribution is 5.97. The third-order valence-electron chi connectivity index (χ3n) is 4.86. The highest BCUT2D eigenvalue weighted by atomic mass is 16.5. The van der Waals surface area contributed by atoms with E-state index in [4.69, 9.17) is 9.47 Å². The number of carbonyl (C=O) groups is 3. The number of ketones is 1. The molecule has 8 nitrogen and oxygen atoms in total. The van der Waals surface area contributed by atoms with E-state index in [1.54, 1.807) is 18.7 Å². The first-order chi connectivity index (χ1) is 11.7. The molecule has 0 aromatic carbocycles. The van der Waals surface area contributed by atoms with Crippen molar-refractivity contribution in [1.82, 2.24) is 15.5 Å². The first kappa shape index (κ1) is 19.7. The van der Waals surface area contributed by atoms with Crippen LogP contribution in [-0.4, -0.2) is 73.2 Å². The Bertz CT molecular complexity index is 518. The highest BCUT2D eigenvalue weighted by Crippen LogP contribution is 2.22. The fourth-order valence-corrected chi connectivity index (χ4v) is 2.97. The number of nitrogens with one attached hydrogen (secondary N) is 2. The normalized spacial score (nSPS) is 28.1. The van der Waals surface area contributed by atoms with Crippen molar-refractivity contribution in [3.8, 4) is 0 Å². The molecule has 0 aliphatic carbocycles. The van der Waals surface area contributed by atoms with Crippen molar-refractivity contribution in [1.29, 1.82) is 0 Å². The van der Waals surface area contributed by atoms with E-state index in [1.165, 1.54) is 0 Å². The molecular formula is C17H29N3O5. The molecule has 2 aliphatic rings. The van der Waals surface area contributed by atoms with Gasteiger partial charge in [0, 0.05) is 13.1 Å². The highest BCUT2D eigenvalue weighted by Gasteiger charge is 2.47. The maximum Gasteiger partial charge on any atom is 0.318 e. The molecule has 2 N–H and O–H groups in total. The Morgan fingerprint density at radius 1 is 1.32 bits per heavy atom. The van der Waals surface area contributed by atoms with Gasteiger partial charge in [0.15, 0.2) is 5.78 Å². The second-order valence-corrected chi connectivity index (χ2v) is 7.30. The topological polar surface area (TPSA) is 97.0 Å². The van der Waals surface area contributed by atoms with Crippen LogP contribution in [0.2, 0.25) is 0 Å². The molecule has 3 unspecified atom stereocenters. The Hall–Kier alpha value is -1.67. The Balaban J connectivity index is 2.04. The van der Waals surface area contributed by atoms with Gasteiger partial charge in [0.05, 0.1) is 19.3 Å². The molecule has 3 atom stereocenters. The maximum atomic E-state index is 12.8. The molecule has 2 fully saturated rings. The lowest BCUT2D eigenvalue weighted by molar-refractivity contribution is -0.131. The molecule has 2 saturated heterocycles. The van der Waals surface area contributed by atoms with Gasteiger partial charge in [0.25, 0.3) is 0 Å². The Labute approximate surface area is 148 Å². The third-order valence-corrected chi connectivity index (χ3v) is 4.86. The zero-order valence-electron chi connectivity index (χ0n) is 15.5. The van der Waals surface area contributed by atoms with Crippen molar-refractivity contribution < 1.29 is 23.9 Å². The fourth-order valence-electron chi connectivity index (χ4n) is 2.97. The van der Waals surface area contributed by atoms with Gasteiger partial charge in [0.1, 0.15) is 18.2 Å². The molecule has 25 heavy (non-hydrogen) atoms. The quantitative estimate of drug-likeness (QED) is 0.740. The van der Waals surface area contributed by atoms with Crippen molar-refractivity contribution in [2.45, 2.75) is 51.8 Å². The summed E-state index contributed by atoms with van der Waals surface area (Å²) in [6, 6.07) is -0.982. The van der Waals surface area contributed by atoms with E-state index in [0.717, 1.165) is 0 Å². The SMILES string of the molecule is CC(C)CC(NC(=O)N1CCOCC1)C(=O)NC1(C)C(=O)COC1C. The van der Waals surface area contributed by atoms with Crippen LogP contribution in [0.4, 0.5) is 4.79 Å². The zero-order valence-corrected chi connectivity index (χ0v) is 15.5. The number of urea groups is 1. The first-order valence-electron chi connectivity index (χ1n) is 8.84. The van der Waals surface area contributed by atoms with E-state index in [9.17, 15) is 14.4 Å². The smallest absolute Gasteiger partial charge is 0.318 e. The predicted molar refractivity (Wildman–Crippen MR) is 91.1 cm³/mol. The average molecular weight is 355 g/mol. The van der Waals surface area contributed by atoms with Gasteiger partial charge in [-0.2, -0.15) is 0 Å². The minimum Gasteiger partial charge on any atom is -0.378 e. The lowest BCUT2D eigenvalue weighted by atomic mass is 9.92. The Kier molecular flexibility index (Phi) is 6.40. The molecule has 2 aliphatic heterocycles. The van der Waals surface area contributed by atoms with Gasteiger partial charge < -0.3 is 25.0 Å². The summed E-state index contributed by atoms with van der Waals surface area (Å²) >= 11 is 0. The molecule has 2 rings (SSSR count). The Morgan fingerprint density at radius 2 is 1.96 bits per heavy atom. The maximum absolute atomic E-state index is 12.8. The molecule has 8 heteroatoms. The number of hydrogen-bond donors (Lipinski definition) is 2. The van der Waals surface area contributed by atoms with Crippen LogP contribution in [0, 0.1) is 5.92 Å². The summed E-state index contributed by atoms with van der Waals surface area (Å²) in [5.41, 5.74) is -1.06. The van der Waals surface area contributed by atoms with E-state index >= 15 is 0 Å². The lowest BCUT2D eigenvalue weighted by Crippen LogP contribution is -2.61. The van der Waals surface area contributed by atoms with Crippen molar-refractivity contribution in [3.63, 3.8) is 0 Å². The van der Waals surface area contributed by atoms with E-state index < -0.39 is 17.7 Å². The number of amides is 3. The standard InChI is InChI=1S/C17H29N3O5/c1-11(2)9-13(18-16(23)20-5-7-24-8-6-20)15(22)19-17(4)12(3)25-10-14(17)21/h11-13H,5-10H2,1-4H3,(H,18,23)(H,19,22). The summed E-state index contributed by atoms with van der Waals surface area (Å²) in [5.74, 6) is -0.304. The minimum absolute atomic E-state index is 0.00701. The van der Waals surface area contributed by atoms with Crippen LogP contribution in [0.1, 0.15) is 34.1 Å². The van der Waals surface area contributed by atoms with Crippen molar-refractivity contribution in [2.75, 3.05) is 32.9 Å². The molecule has 0 radical (unpaired) electrons. The summed E-state index contributed by atoms with van der Waals surface area (Å²) in [4.78, 5) is 38.9. The molecule has 0 aromatic heterocycles. The van der Waals surface area contributed by atoms with Crippen LogP contribution in [0.5, 0.6) is 0 Å². The number of hydrogen-bond acceptors (Lipinski definition) is 5. The number of nitrogens with zero attached hydrogens (tertiary/aromatic N) is 1. The lowest BCUT2D eigenvalue weighted by Gasteiger charge is -2.32. The summed E-state index contributed by atoms with van der Waals surface area (Å²) in [7, 11) is 0. The van der Waals surface area contributed by atoms with Crippen LogP contribution in [-0.2, 0) is 19.1 Å². The van der Waals surface area contributed by atoms with Gasteiger partial charge in [0.2, 0.25) is 5.91 Å². The largest absolute Gasteiger partial charge is 0.378 e.